The summed E-state index contributed by atoms with van der Waals surface area (Å²) in [6.45, 7) is 7.81. The fraction of sp³-hybridized carbons (Fsp3) is 0.600. The van der Waals surface area contributed by atoms with Crippen LogP contribution in [0.15, 0.2) is 18.2 Å². The van der Waals surface area contributed by atoms with Gasteiger partial charge in [-0.1, -0.05) is 25.5 Å². The summed E-state index contributed by atoms with van der Waals surface area (Å²) in [6.07, 6.45) is 2.98. The van der Waals surface area contributed by atoms with Crippen molar-refractivity contribution >= 4 is 12.0 Å². The minimum Gasteiger partial charge on any atom is -0.483 e. The van der Waals surface area contributed by atoms with E-state index in [2.05, 4.69) is 12.2 Å². The Morgan fingerprint density at radius 1 is 1.23 bits per heavy atom. The van der Waals surface area contributed by atoms with Crippen LogP contribution in [-0.2, 0) is 9.53 Å². The van der Waals surface area contributed by atoms with Gasteiger partial charge in [-0.2, -0.15) is 0 Å². The van der Waals surface area contributed by atoms with E-state index in [9.17, 15) is 9.59 Å². The van der Waals surface area contributed by atoms with Gasteiger partial charge in [0, 0.05) is 19.1 Å². The lowest BCUT2D eigenvalue weighted by atomic mass is 10.1. The van der Waals surface area contributed by atoms with Crippen molar-refractivity contribution < 1.29 is 19.1 Å². The molecule has 1 saturated heterocycles. The van der Waals surface area contributed by atoms with Gasteiger partial charge in [-0.25, -0.2) is 4.79 Å². The van der Waals surface area contributed by atoms with Crippen LogP contribution >= 0.6 is 0 Å². The summed E-state index contributed by atoms with van der Waals surface area (Å²) in [7, 11) is 0. The van der Waals surface area contributed by atoms with Gasteiger partial charge in [0.1, 0.15) is 5.75 Å². The van der Waals surface area contributed by atoms with Crippen molar-refractivity contribution in [1.29, 1.82) is 0 Å². The van der Waals surface area contributed by atoms with E-state index >= 15 is 0 Å². The van der Waals surface area contributed by atoms with Gasteiger partial charge in [0.15, 0.2) is 6.61 Å². The molecule has 1 aliphatic heterocycles. The number of piperidine rings is 1. The Morgan fingerprint density at radius 3 is 2.65 bits per heavy atom. The number of alkyl carbamates (subject to hydrolysis) is 1. The molecule has 1 N–H and O–H groups in total. The highest BCUT2D eigenvalue weighted by Gasteiger charge is 2.24. The number of nitrogens with one attached hydrogen (secondary N) is 1. The SMILES string of the molecule is CCCCOC(=O)NC1CCN(C(=O)COc2cccc(C)c2C)CC1. The van der Waals surface area contributed by atoms with Gasteiger partial charge in [0.25, 0.3) is 5.91 Å². The normalized spacial score (nSPS) is 14.8. The Balaban J connectivity index is 1.71. The van der Waals surface area contributed by atoms with Crippen molar-refractivity contribution in [3.05, 3.63) is 29.3 Å². The van der Waals surface area contributed by atoms with E-state index in [1.54, 1.807) is 4.90 Å². The van der Waals surface area contributed by atoms with Gasteiger partial charge < -0.3 is 19.7 Å². The van der Waals surface area contributed by atoms with E-state index in [-0.39, 0.29) is 24.6 Å². The molecule has 0 bridgehead atoms. The predicted molar refractivity (Wildman–Crippen MR) is 100 cm³/mol. The second-order valence-corrected chi connectivity index (χ2v) is 6.78. The van der Waals surface area contributed by atoms with Crippen molar-refractivity contribution in [2.75, 3.05) is 26.3 Å². The zero-order chi connectivity index (χ0) is 18.9. The number of hydrogen-bond donors (Lipinski definition) is 1. The average molecular weight is 362 g/mol. The summed E-state index contributed by atoms with van der Waals surface area (Å²) in [5, 5.41) is 2.88. The highest BCUT2D eigenvalue weighted by molar-refractivity contribution is 5.78. The Kier molecular flexibility index (Phi) is 7.75. The fourth-order valence-electron chi connectivity index (χ4n) is 2.90. The van der Waals surface area contributed by atoms with Crippen LogP contribution in [0.25, 0.3) is 0 Å². The summed E-state index contributed by atoms with van der Waals surface area (Å²) < 4.78 is 10.8. The number of hydrogen-bond acceptors (Lipinski definition) is 4. The predicted octanol–water partition coefficient (Wildman–Crippen LogP) is 3.20. The standard InChI is InChI=1S/C20H30N2O4/c1-4-5-13-25-20(24)21-17-9-11-22(12-10-17)19(23)14-26-18-8-6-7-15(2)16(18)3/h6-8,17H,4-5,9-14H2,1-3H3,(H,21,24). The first kappa shape index (κ1) is 20.1. The van der Waals surface area contributed by atoms with Crippen LogP contribution in [0, 0.1) is 13.8 Å². The van der Waals surface area contributed by atoms with E-state index < -0.39 is 0 Å². The van der Waals surface area contributed by atoms with Crippen LogP contribution in [0.2, 0.25) is 0 Å². The molecule has 0 atom stereocenters. The minimum absolute atomic E-state index is 0.0186. The largest absolute Gasteiger partial charge is 0.483 e. The molecule has 0 spiro atoms. The number of nitrogens with zero attached hydrogens (tertiary/aromatic N) is 1. The van der Waals surface area contributed by atoms with Crippen molar-refractivity contribution in [2.24, 2.45) is 0 Å². The lowest BCUT2D eigenvalue weighted by Crippen LogP contribution is -2.47. The maximum atomic E-state index is 12.4. The van der Waals surface area contributed by atoms with Gasteiger partial charge in [0.2, 0.25) is 0 Å². The summed E-state index contributed by atoms with van der Waals surface area (Å²) in [4.78, 5) is 25.8. The van der Waals surface area contributed by atoms with Crippen LogP contribution in [0.1, 0.15) is 43.7 Å². The lowest BCUT2D eigenvalue weighted by molar-refractivity contribution is -0.134. The molecule has 2 rings (SSSR count). The average Bonchev–Trinajstić information content (AvgIpc) is 2.63. The Morgan fingerprint density at radius 2 is 1.96 bits per heavy atom. The van der Waals surface area contributed by atoms with Crippen molar-refractivity contribution in [3.63, 3.8) is 0 Å². The molecule has 0 aliphatic carbocycles. The third kappa shape index (κ3) is 5.93. The number of carbonyl (C=O) groups is 2. The zero-order valence-electron chi connectivity index (χ0n) is 16.0. The van der Waals surface area contributed by atoms with Crippen LogP contribution in [0.3, 0.4) is 0 Å². The number of likely N-dealkylation sites (tertiary alicyclic amines) is 1. The summed E-state index contributed by atoms with van der Waals surface area (Å²) in [6, 6.07) is 5.90. The molecule has 144 valence electrons. The van der Waals surface area contributed by atoms with Gasteiger partial charge in [-0.05, 0) is 50.3 Å². The number of unbranched alkanes of at least 4 members (excludes halogenated alkanes) is 1. The number of aryl methyl sites for hydroxylation is 1. The lowest BCUT2D eigenvalue weighted by Gasteiger charge is -2.32. The maximum absolute atomic E-state index is 12.4. The highest BCUT2D eigenvalue weighted by atomic mass is 16.5. The summed E-state index contributed by atoms with van der Waals surface area (Å²) in [5.41, 5.74) is 2.21. The molecule has 2 amide bonds. The van der Waals surface area contributed by atoms with E-state index in [4.69, 9.17) is 9.47 Å². The molecule has 1 aliphatic rings. The van der Waals surface area contributed by atoms with Crippen LogP contribution in [-0.4, -0.2) is 49.2 Å². The molecule has 0 aromatic heterocycles. The third-order valence-electron chi connectivity index (χ3n) is 4.81. The first-order chi connectivity index (χ1) is 12.5. The monoisotopic (exact) mass is 362 g/mol. The van der Waals surface area contributed by atoms with Gasteiger partial charge in [0.05, 0.1) is 6.61 Å². The summed E-state index contributed by atoms with van der Waals surface area (Å²) >= 11 is 0. The molecule has 26 heavy (non-hydrogen) atoms. The Labute approximate surface area is 155 Å². The van der Waals surface area contributed by atoms with Crippen molar-refractivity contribution in [3.8, 4) is 5.75 Å². The zero-order valence-corrected chi connectivity index (χ0v) is 16.0. The first-order valence-electron chi connectivity index (χ1n) is 9.41. The molecule has 1 fully saturated rings. The molecular weight excluding hydrogens is 332 g/mol. The molecule has 1 aromatic carbocycles. The molecule has 1 aromatic rings. The van der Waals surface area contributed by atoms with Gasteiger partial charge in [-0.3, -0.25) is 4.79 Å². The molecule has 0 unspecified atom stereocenters. The number of carbonyl (C=O) groups excluding carboxylic acids is 2. The molecule has 1 heterocycles. The van der Waals surface area contributed by atoms with E-state index in [0.717, 1.165) is 42.6 Å². The van der Waals surface area contributed by atoms with Crippen molar-refractivity contribution in [2.45, 2.75) is 52.5 Å². The van der Waals surface area contributed by atoms with E-state index in [1.807, 2.05) is 32.0 Å². The molecular formula is C20H30N2O4. The van der Waals surface area contributed by atoms with E-state index in [0.29, 0.717) is 19.7 Å². The highest BCUT2D eigenvalue weighted by Crippen LogP contribution is 2.20. The fourth-order valence-corrected chi connectivity index (χ4v) is 2.90. The first-order valence-corrected chi connectivity index (χ1v) is 9.41. The second kappa shape index (κ2) is 10.0. The van der Waals surface area contributed by atoms with Crippen LogP contribution < -0.4 is 10.1 Å². The van der Waals surface area contributed by atoms with E-state index in [1.165, 1.54) is 0 Å². The quantitative estimate of drug-likeness (QED) is 0.757. The number of benzene rings is 1. The molecule has 6 heteroatoms. The Bertz CT molecular complexity index is 610. The molecule has 0 radical (unpaired) electrons. The Hall–Kier alpha value is -2.24. The number of ether oxygens (including phenoxy) is 2. The third-order valence-corrected chi connectivity index (χ3v) is 4.81. The smallest absolute Gasteiger partial charge is 0.407 e. The number of rotatable bonds is 7. The van der Waals surface area contributed by atoms with Gasteiger partial charge >= 0.3 is 6.09 Å². The van der Waals surface area contributed by atoms with Crippen LogP contribution in [0.4, 0.5) is 4.79 Å². The minimum atomic E-state index is -0.360. The molecule has 6 nitrogen and oxygen atoms in total. The van der Waals surface area contributed by atoms with Gasteiger partial charge in [-0.15, -0.1) is 0 Å². The van der Waals surface area contributed by atoms with Crippen molar-refractivity contribution in [1.82, 2.24) is 10.2 Å². The maximum Gasteiger partial charge on any atom is 0.407 e. The molecule has 0 saturated carbocycles. The summed E-state index contributed by atoms with van der Waals surface area (Å²) in [5.74, 6) is 0.736. The topological polar surface area (TPSA) is 67.9 Å². The van der Waals surface area contributed by atoms with Crippen LogP contribution in [0.5, 0.6) is 5.75 Å². The second-order valence-electron chi connectivity index (χ2n) is 6.78. The number of amides is 2.